The SMILES string of the molecule is CCn1c(SCC(=O)Nc2cc(Cl)c(Cl)cc2Cl)nnc1-c1csc2ccccc12. The van der Waals surface area contributed by atoms with E-state index in [1.54, 1.807) is 11.3 Å². The first-order chi connectivity index (χ1) is 14.5. The van der Waals surface area contributed by atoms with Crippen LogP contribution in [0, 0.1) is 0 Å². The lowest BCUT2D eigenvalue weighted by atomic mass is 10.1. The molecule has 2 aromatic heterocycles. The van der Waals surface area contributed by atoms with E-state index in [4.69, 9.17) is 34.8 Å². The van der Waals surface area contributed by atoms with Crippen LogP contribution >= 0.6 is 57.9 Å². The molecule has 0 saturated heterocycles. The summed E-state index contributed by atoms with van der Waals surface area (Å²) < 4.78 is 3.21. The summed E-state index contributed by atoms with van der Waals surface area (Å²) in [5, 5.41) is 16.3. The molecule has 0 fully saturated rings. The molecule has 4 aromatic rings. The topological polar surface area (TPSA) is 59.8 Å². The Kier molecular flexibility index (Phi) is 6.55. The van der Waals surface area contributed by atoms with Gasteiger partial charge in [-0.05, 0) is 25.1 Å². The zero-order chi connectivity index (χ0) is 21.3. The maximum atomic E-state index is 12.4. The van der Waals surface area contributed by atoms with Gasteiger partial charge in [0, 0.05) is 27.6 Å². The highest BCUT2D eigenvalue weighted by atomic mass is 35.5. The van der Waals surface area contributed by atoms with E-state index in [0.29, 0.717) is 32.5 Å². The van der Waals surface area contributed by atoms with Crippen molar-refractivity contribution in [1.29, 1.82) is 0 Å². The predicted molar refractivity (Wildman–Crippen MR) is 127 cm³/mol. The monoisotopic (exact) mass is 496 g/mol. The van der Waals surface area contributed by atoms with Crippen molar-refractivity contribution in [2.75, 3.05) is 11.1 Å². The molecular formula is C20H15Cl3N4OS2. The van der Waals surface area contributed by atoms with E-state index in [2.05, 4.69) is 33.0 Å². The second-order valence-corrected chi connectivity index (χ2v) is 9.35. The number of rotatable bonds is 6. The molecule has 5 nitrogen and oxygen atoms in total. The molecule has 0 atom stereocenters. The van der Waals surface area contributed by atoms with Gasteiger partial charge in [-0.15, -0.1) is 21.5 Å². The maximum absolute atomic E-state index is 12.4. The van der Waals surface area contributed by atoms with E-state index in [1.807, 2.05) is 23.6 Å². The average Bonchev–Trinajstić information content (AvgIpc) is 3.33. The summed E-state index contributed by atoms with van der Waals surface area (Å²) in [7, 11) is 0. The number of halogens is 3. The summed E-state index contributed by atoms with van der Waals surface area (Å²) in [6.07, 6.45) is 0. The number of fused-ring (bicyclic) bond motifs is 1. The number of hydrogen-bond donors (Lipinski definition) is 1. The molecule has 30 heavy (non-hydrogen) atoms. The molecule has 1 amide bonds. The van der Waals surface area contributed by atoms with Crippen LogP contribution in [0.3, 0.4) is 0 Å². The molecular weight excluding hydrogens is 483 g/mol. The third-order valence-corrected chi connectivity index (χ3v) is 7.34. The molecule has 154 valence electrons. The van der Waals surface area contributed by atoms with Crippen molar-refractivity contribution >= 4 is 79.6 Å². The molecule has 1 N–H and O–H groups in total. The predicted octanol–water partition coefficient (Wildman–Crippen LogP) is 6.87. The van der Waals surface area contributed by atoms with Crippen LogP contribution in [0.1, 0.15) is 6.92 Å². The summed E-state index contributed by atoms with van der Waals surface area (Å²) in [4.78, 5) is 12.4. The summed E-state index contributed by atoms with van der Waals surface area (Å²) >= 11 is 21.1. The lowest BCUT2D eigenvalue weighted by molar-refractivity contribution is -0.113. The third kappa shape index (κ3) is 4.31. The maximum Gasteiger partial charge on any atom is 0.234 e. The van der Waals surface area contributed by atoms with Gasteiger partial charge in [-0.3, -0.25) is 4.79 Å². The van der Waals surface area contributed by atoms with Crippen LogP contribution in [-0.2, 0) is 11.3 Å². The number of hydrogen-bond acceptors (Lipinski definition) is 5. The van der Waals surface area contributed by atoms with Crippen LogP contribution < -0.4 is 5.32 Å². The molecule has 10 heteroatoms. The Morgan fingerprint density at radius 2 is 1.90 bits per heavy atom. The van der Waals surface area contributed by atoms with Gasteiger partial charge in [-0.1, -0.05) is 64.8 Å². The zero-order valence-corrected chi connectivity index (χ0v) is 19.6. The fourth-order valence-corrected chi connectivity index (χ4v) is 5.30. The van der Waals surface area contributed by atoms with Crippen molar-refractivity contribution < 1.29 is 4.79 Å². The molecule has 4 rings (SSSR count). The Balaban J connectivity index is 1.51. The molecule has 0 aliphatic rings. The number of nitrogens with one attached hydrogen (secondary N) is 1. The van der Waals surface area contributed by atoms with E-state index < -0.39 is 0 Å². The molecule has 2 heterocycles. The van der Waals surface area contributed by atoms with Crippen LogP contribution in [0.5, 0.6) is 0 Å². The Labute approximate surface area is 196 Å². The number of thioether (sulfide) groups is 1. The Bertz CT molecular complexity index is 1240. The minimum absolute atomic E-state index is 0.152. The fourth-order valence-electron chi connectivity index (χ4n) is 2.97. The number of carbonyl (C=O) groups is 1. The van der Waals surface area contributed by atoms with Crippen molar-refractivity contribution in [3.8, 4) is 11.4 Å². The normalized spacial score (nSPS) is 11.2. The second-order valence-electron chi connectivity index (χ2n) is 6.28. The molecule has 0 saturated carbocycles. The summed E-state index contributed by atoms with van der Waals surface area (Å²) in [6, 6.07) is 11.2. The molecule has 2 aromatic carbocycles. The van der Waals surface area contributed by atoms with Crippen LogP contribution in [0.15, 0.2) is 46.9 Å². The van der Waals surface area contributed by atoms with E-state index in [-0.39, 0.29) is 11.7 Å². The van der Waals surface area contributed by atoms with E-state index in [1.165, 1.54) is 28.6 Å². The summed E-state index contributed by atoms with van der Waals surface area (Å²) in [5.74, 6) is 0.720. The van der Waals surface area contributed by atoms with Crippen molar-refractivity contribution in [2.45, 2.75) is 18.6 Å². The van der Waals surface area contributed by atoms with Crippen LogP contribution in [-0.4, -0.2) is 26.4 Å². The third-order valence-electron chi connectivity index (χ3n) is 4.37. The van der Waals surface area contributed by atoms with Gasteiger partial charge in [-0.2, -0.15) is 0 Å². The van der Waals surface area contributed by atoms with Gasteiger partial charge in [0.25, 0.3) is 0 Å². The smallest absolute Gasteiger partial charge is 0.234 e. The highest BCUT2D eigenvalue weighted by Gasteiger charge is 2.18. The van der Waals surface area contributed by atoms with Gasteiger partial charge >= 0.3 is 0 Å². The largest absolute Gasteiger partial charge is 0.324 e. The highest BCUT2D eigenvalue weighted by Crippen LogP contribution is 2.35. The van der Waals surface area contributed by atoms with E-state index >= 15 is 0 Å². The standard InChI is InChI=1S/C20H15Cl3N4OS2/c1-2-27-19(12-9-29-17-6-4-3-5-11(12)17)25-26-20(27)30-10-18(28)24-16-8-14(22)13(21)7-15(16)23/h3-9H,2,10H2,1H3,(H,24,28). The lowest BCUT2D eigenvalue weighted by Gasteiger charge is -2.09. The second kappa shape index (κ2) is 9.16. The first-order valence-corrected chi connectivity index (χ1v) is 11.9. The molecule has 0 unspecified atom stereocenters. The number of amides is 1. The number of nitrogens with zero attached hydrogens (tertiary/aromatic N) is 3. The van der Waals surface area contributed by atoms with E-state index in [0.717, 1.165) is 16.8 Å². The summed E-state index contributed by atoms with van der Waals surface area (Å²) in [5.41, 5.74) is 1.46. The number of carbonyl (C=O) groups excluding carboxylic acids is 1. The van der Waals surface area contributed by atoms with Crippen LogP contribution in [0.2, 0.25) is 15.1 Å². The number of thiophene rings is 1. The molecule has 0 aliphatic carbocycles. The van der Waals surface area contributed by atoms with Crippen molar-refractivity contribution in [1.82, 2.24) is 14.8 Å². The average molecular weight is 498 g/mol. The quantitative estimate of drug-likeness (QED) is 0.233. The summed E-state index contributed by atoms with van der Waals surface area (Å²) in [6.45, 7) is 2.72. The van der Waals surface area contributed by atoms with Crippen molar-refractivity contribution in [3.63, 3.8) is 0 Å². The van der Waals surface area contributed by atoms with Gasteiger partial charge in [0.05, 0.1) is 26.5 Å². The molecule has 0 bridgehead atoms. The number of benzene rings is 2. The molecule has 0 aliphatic heterocycles. The minimum Gasteiger partial charge on any atom is -0.324 e. The van der Waals surface area contributed by atoms with Crippen molar-refractivity contribution in [3.05, 3.63) is 56.8 Å². The van der Waals surface area contributed by atoms with Gasteiger partial charge in [0.2, 0.25) is 5.91 Å². The molecule has 0 radical (unpaired) electrons. The zero-order valence-electron chi connectivity index (χ0n) is 15.7. The van der Waals surface area contributed by atoms with Crippen LogP contribution in [0.4, 0.5) is 5.69 Å². The fraction of sp³-hybridized carbons (Fsp3) is 0.150. The van der Waals surface area contributed by atoms with Crippen molar-refractivity contribution in [2.24, 2.45) is 0 Å². The first kappa shape index (κ1) is 21.5. The van der Waals surface area contributed by atoms with Gasteiger partial charge in [0.1, 0.15) is 0 Å². The lowest BCUT2D eigenvalue weighted by Crippen LogP contribution is -2.15. The Morgan fingerprint density at radius 3 is 2.70 bits per heavy atom. The minimum atomic E-state index is -0.228. The van der Waals surface area contributed by atoms with Gasteiger partial charge in [-0.25, -0.2) is 0 Å². The first-order valence-electron chi connectivity index (χ1n) is 8.95. The highest BCUT2D eigenvalue weighted by molar-refractivity contribution is 7.99. The van der Waals surface area contributed by atoms with Gasteiger partial charge < -0.3 is 9.88 Å². The number of aromatic nitrogens is 3. The van der Waals surface area contributed by atoms with Gasteiger partial charge in [0.15, 0.2) is 11.0 Å². The number of anilines is 1. The molecule has 0 spiro atoms. The Morgan fingerprint density at radius 1 is 1.13 bits per heavy atom. The Hall–Kier alpha value is -1.77. The van der Waals surface area contributed by atoms with Crippen LogP contribution in [0.25, 0.3) is 21.5 Å². The van der Waals surface area contributed by atoms with E-state index in [9.17, 15) is 4.79 Å².